The van der Waals surface area contributed by atoms with E-state index in [1.54, 1.807) is 0 Å². The van der Waals surface area contributed by atoms with E-state index in [2.05, 4.69) is 0 Å². The second kappa shape index (κ2) is 7.92. The molecular weight excluding hydrogens is 345 g/mol. The fourth-order valence-electron chi connectivity index (χ4n) is 0.552. The van der Waals surface area contributed by atoms with Crippen LogP contribution in [0.25, 0.3) is 0 Å². The van der Waals surface area contributed by atoms with Crippen LogP contribution in [0.15, 0.2) is 0 Å². The fraction of sp³-hybridized carbons (Fsp3) is 0.667. The van der Waals surface area contributed by atoms with Gasteiger partial charge >= 0.3 is 38.1 Å². The van der Waals surface area contributed by atoms with E-state index in [9.17, 15) is 9.59 Å². The van der Waals surface area contributed by atoms with Gasteiger partial charge in [0.15, 0.2) is 0 Å². The second-order valence-electron chi connectivity index (χ2n) is 1.99. The fourth-order valence-corrected chi connectivity index (χ4v) is 0.552. The summed E-state index contributed by atoms with van der Waals surface area (Å²) >= 11 is 0. The number of unbranched alkanes of at least 4 members (excludes halogenated alkanes) is 1. The van der Waals surface area contributed by atoms with Crippen molar-refractivity contribution in [2.45, 2.75) is 25.7 Å². The Morgan fingerprint density at radius 3 is 1.36 bits per heavy atom. The number of aliphatic carboxylic acids is 2. The van der Waals surface area contributed by atoms with E-state index in [1.165, 1.54) is 0 Å². The molecule has 0 rings (SSSR count). The van der Waals surface area contributed by atoms with Crippen molar-refractivity contribution in [3.8, 4) is 0 Å². The quantitative estimate of drug-likeness (QED) is 0.515. The SMILES string of the molecule is O=C(O)CCCCC(=O)O.[BiH3]. The van der Waals surface area contributed by atoms with Crippen LogP contribution in [-0.2, 0) is 9.59 Å². The van der Waals surface area contributed by atoms with Crippen molar-refractivity contribution < 1.29 is 19.8 Å². The van der Waals surface area contributed by atoms with Gasteiger partial charge < -0.3 is 10.2 Å². The third kappa shape index (κ3) is 12.9. The summed E-state index contributed by atoms with van der Waals surface area (Å²) in [6.45, 7) is 0. The van der Waals surface area contributed by atoms with E-state index in [4.69, 9.17) is 10.2 Å². The predicted molar refractivity (Wildman–Crippen MR) is 43.7 cm³/mol. The molecule has 0 aliphatic carbocycles. The minimum absolute atomic E-state index is 0. The van der Waals surface area contributed by atoms with Crippen molar-refractivity contribution in [1.82, 2.24) is 0 Å². The molecule has 0 aliphatic rings. The van der Waals surface area contributed by atoms with Crippen molar-refractivity contribution in [2.75, 3.05) is 0 Å². The summed E-state index contributed by atoms with van der Waals surface area (Å²) in [5, 5.41) is 16.3. The molecule has 0 aromatic rings. The third-order valence-electron chi connectivity index (χ3n) is 1.03. The van der Waals surface area contributed by atoms with Crippen molar-refractivity contribution in [1.29, 1.82) is 0 Å². The van der Waals surface area contributed by atoms with Crippen LogP contribution in [0.5, 0.6) is 0 Å². The molecular formula is C6H13BiO4. The van der Waals surface area contributed by atoms with Crippen LogP contribution in [0.4, 0.5) is 0 Å². The first-order valence-corrected chi connectivity index (χ1v) is 3.06. The summed E-state index contributed by atoms with van der Waals surface area (Å²) in [5.41, 5.74) is 0. The molecule has 0 fully saturated rings. The van der Waals surface area contributed by atoms with Gasteiger partial charge in [0.05, 0.1) is 0 Å². The average molecular weight is 358 g/mol. The van der Waals surface area contributed by atoms with Gasteiger partial charge in [0, 0.05) is 12.8 Å². The Kier molecular flexibility index (Phi) is 9.67. The molecule has 0 spiro atoms. The van der Waals surface area contributed by atoms with Crippen molar-refractivity contribution in [2.24, 2.45) is 0 Å². The summed E-state index contributed by atoms with van der Waals surface area (Å²) in [7, 11) is 0. The molecule has 4 nitrogen and oxygen atoms in total. The standard InChI is InChI=1S/C6H10O4.Bi.3H/c7-5(8)3-1-2-4-6(9)10;;;;/h1-4H2,(H,7,8)(H,9,10);;;;. The monoisotopic (exact) mass is 358 g/mol. The van der Waals surface area contributed by atoms with E-state index in [0.29, 0.717) is 12.8 Å². The molecule has 0 aliphatic heterocycles. The normalized spacial score (nSPS) is 8.36. The Morgan fingerprint density at radius 1 is 0.909 bits per heavy atom. The zero-order valence-corrected chi connectivity index (χ0v) is 11.7. The number of hydrogen-bond acceptors (Lipinski definition) is 2. The number of rotatable bonds is 5. The molecule has 11 heavy (non-hydrogen) atoms. The Labute approximate surface area is 83.7 Å². The second-order valence-corrected chi connectivity index (χ2v) is 1.99. The molecule has 0 saturated carbocycles. The molecule has 0 radical (unpaired) electrons. The van der Waals surface area contributed by atoms with Gasteiger partial charge in [-0.3, -0.25) is 9.59 Å². The third-order valence-corrected chi connectivity index (χ3v) is 1.03. The van der Waals surface area contributed by atoms with Gasteiger partial charge in [0.1, 0.15) is 0 Å². The molecule has 0 bridgehead atoms. The molecule has 0 amide bonds. The van der Waals surface area contributed by atoms with Gasteiger partial charge in [0.2, 0.25) is 0 Å². The molecule has 0 atom stereocenters. The molecule has 0 unspecified atom stereocenters. The van der Waals surface area contributed by atoms with Gasteiger partial charge in [-0.2, -0.15) is 0 Å². The molecule has 0 heterocycles. The first-order chi connectivity index (χ1) is 4.63. The van der Waals surface area contributed by atoms with Crippen molar-refractivity contribution in [3.63, 3.8) is 0 Å². The van der Waals surface area contributed by atoms with Gasteiger partial charge in [-0.15, -0.1) is 0 Å². The predicted octanol–water partition coefficient (Wildman–Crippen LogP) is -0.468. The molecule has 0 aromatic carbocycles. The molecule has 2 N–H and O–H groups in total. The van der Waals surface area contributed by atoms with Crippen LogP contribution < -0.4 is 0 Å². The average Bonchev–Trinajstić information content (AvgIpc) is 1.79. The summed E-state index contributed by atoms with van der Waals surface area (Å²) < 4.78 is 0. The topological polar surface area (TPSA) is 74.6 Å². The van der Waals surface area contributed by atoms with Crippen LogP contribution in [0, 0.1) is 0 Å². The Bertz CT molecular complexity index is 119. The van der Waals surface area contributed by atoms with Crippen molar-refractivity contribution in [3.05, 3.63) is 0 Å². The van der Waals surface area contributed by atoms with E-state index in [-0.39, 0.29) is 39.0 Å². The van der Waals surface area contributed by atoms with Crippen LogP contribution in [0.3, 0.4) is 0 Å². The first kappa shape index (κ1) is 13.4. The summed E-state index contributed by atoms with van der Waals surface area (Å²) in [6.07, 6.45) is 1.02. The van der Waals surface area contributed by atoms with Crippen LogP contribution in [-0.4, -0.2) is 48.4 Å². The zero-order chi connectivity index (χ0) is 7.98. The Balaban J connectivity index is 0. The van der Waals surface area contributed by atoms with Crippen LogP contribution in [0.2, 0.25) is 0 Å². The number of hydrogen-bond donors (Lipinski definition) is 2. The van der Waals surface area contributed by atoms with Crippen molar-refractivity contribution >= 4 is 38.1 Å². The molecule has 5 heteroatoms. The molecule has 0 aromatic heterocycles. The summed E-state index contributed by atoms with van der Waals surface area (Å²) in [6, 6.07) is 0. The minimum atomic E-state index is -0.870. The summed E-state index contributed by atoms with van der Waals surface area (Å²) in [4.78, 5) is 19.8. The molecule has 0 saturated heterocycles. The maximum atomic E-state index is 9.90. The van der Waals surface area contributed by atoms with Gasteiger partial charge in [-0.05, 0) is 12.8 Å². The summed E-state index contributed by atoms with van der Waals surface area (Å²) in [5.74, 6) is -1.74. The van der Waals surface area contributed by atoms with E-state index in [0.717, 1.165) is 0 Å². The number of carbonyl (C=O) groups is 2. The van der Waals surface area contributed by atoms with Gasteiger partial charge in [-0.1, -0.05) is 0 Å². The Morgan fingerprint density at radius 2 is 1.18 bits per heavy atom. The van der Waals surface area contributed by atoms with E-state index in [1.807, 2.05) is 0 Å². The van der Waals surface area contributed by atoms with Gasteiger partial charge in [-0.25, -0.2) is 0 Å². The Hall–Kier alpha value is -0.177. The zero-order valence-electron chi connectivity index (χ0n) is 6.25. The number of carboxylic acid groups (broad SMARTS) is 2. The first-order valence-electron chi connectivity index (χ1n) is 3.06. The van der Waals surface area contributed by atoms with Crippen LogP contribution in [0.1, 0.15) is 25.7 Å². The maximum absolute atomic E-state index is 9.90. The van der Waals surface area contributed by atoms with Gasteiger partial charge in [0.25, 0.3) is 0 Å². The van der Waals surface area contributed by atoms with E-state index < -0.39 is 11.9 Å². The van der Waals surface area contributed by atoms with Crippen LogP contribution >= 0.6 is 0 Å². The van der Waals surface area contributed by atoms with E-state index >= 15 is 0 Å². The molecule has 66 valence electrons. The number of carboxylic acids is 2.